The molecule has 0 aromatic heterocycles. The van der Waals surface area contributed by atoms with E-state index in [1.807, 2.05) is 6.07 Å². The minimum Gasteiger partial charge on any atom is -0.374 e. The van der Waals surface area contributed by atoms with Crippen LogP contribution in [0.3, 0.4) is 0 Å². The van der Waals surface area contributed by atoms with Crippen LogP contribution in [0.5, 0.6) is 0 Å². The van der Waals surface area contributed by atoms with Crippen molar-refractivity contribution in [2.45, 2.75) is 52.1 Å². The largest absolute Gasteiger partial charge is 0.374 e. The highest BCUT2D eigenvalue weighted by atomic mass is 16.2. The van der Waals surface area contributed by atoms with Crippen LogP contribution in [0, 0.1) is 20.8 Å². The number of benzene rings is 3. The van der Waals surface area contributed by atoms with Crippen LogP contribution in [0.4, 0.5) is 5.69 Å². The van der Waals surface area contributed by atoms with Gasteiger partial charge in [-0.15, -0.1) is 0 Å². The number of rotatable bonds is 6. The lowest BCUT2D eigenvalue weighted by Gasteiger charge is -2.34. The highest BCUT2D eigenvalue weighted by Gasteiger charge is 2.27. The van der Waals surface area contributed by atoms with Crippen LogP contribution in [-0.4, -0.2) is 25.5 Å². The van der Waals surface area contributed by atoms with Gasteiger partial charge in [0, 0.05) is 19.3 Å². The van der Waals surface area contributed by atoms with E-state index in [1.54, 1.807) is 0 Å². The summed E-state index contributed by atoms with van der Waals surface area (Å²) in [4.78, 5) is 15.4. The molecule has 0 spiro atoms. The van der Waals surface area contributed by atoms with E-state index in [9.17, 15) is 4.79 Å². The van der Waals surface area contributed by atoms with E-state index in [-0.39, 0.29) is 11.9 Å². The van der Waals surface area contributed by atoms with Gasteiger partial charge >= 0.3 is 0 Å². The number of amides is 1. The second-order valence-electron chi connectivity index (χ2n) is 9.51. The Morgan fingerprint density at radius 3 is 2.42 bits per heavy atom. The molecule has 3 aromatic rings. The number of nitrogens with one attached hydrogen (secondary N) is 1. The predicted octanol–water partition coefficient (Wildman–Crippen LogP) is 4.77. The topological polar surface area (TPSA) is 58.4 Å². The molecular weight excluding hydrogens is 406 g/mol. The smallest absolute Gasteiger partial charge is 0.237 e. The van der Waals surface area contributed by atoms with E-state index in [2.05, 4.69) is 92.6 Å². The molecule has 0 fully saturated rings. The molecule has 0 saturated carbocycles. The summed E-state index contributed by atoms with van der Waals surface area (Å²) in [5.41, 5.74) is 16.1. The van der Waals surface area contributed by atoms with E-state index in [1.165, 1.54) is 44.6 Å². The van der Waals surface area contributed by atoms with Crippen molar-refractivity contribution in [2.75, 3.05) is 18.5 Å². The molecule has 4 heteroatoms. The standard InChI is InChI=1S/C29H35N3O/c1-19-14-20(2)24(21(3)15-19)18-26(30)29(33)31-27-12-13-32(4)28-11-10-23(17-25(27)28)16-22-8-6-5-7-9-22/h5-11,14-15,17,26-27H,12-13,16,18,30H2,1-4H3,(H,31,33). The number of nitrogens with zero attached hydrogens (tertiary/aromatic N) is 1. The zero-order chi connectivity index (χ0) is 23.5. The number of carbonyl (C=O) groups is 1. The predicted molar refractivity (Wildman–Crippen MR) is 137 cm³/mol. The average Bonchev–Trinajstić information content (AvgIpc) is 2.78. The second-order valence-corrected chi connectivity index (χ2v) is 9.51. The number of fused-ring (bicyclic) bond motifs is 1. The summed E-state index contributed by atoms with van der Waals surface area (Å²) in [5.74, 6) is -0.0802. The molecule has 0 radical (unpaired) electrons. The Labute approximate surface area is 197 Å². The maximum absolute atomic E-state index is 13.1. The lowest BCUT2D eigenvalue weighted by atomic mass is 9.92. The lowest BCUT2D eigenvalue weighted by molar-refractivity contribution is -0.123. The fraction of sp³-hybridized carbons (Fsp3) is 0.345. The van der Waals surface area contributed by atoms with Crippen molar-refractivity contribution < 1.29 is 4.79 Å². The van der Waals surface area contributed by atoms with Gasteiger partial charge in [-0.25, -0.2) is 0 Å². The molecule has 3 aromatic carbocycles. The van der Waals surface area contributed by atoms with Crippen LogP contribution < -0.4 is 16.0 Å². The maximum Gasteiger partial charge on any atom is 0.237 e. The lowest BCUT2D eigenvalue weighted by Crippen LogP contribution is -2.45. The molecule has 4 nitrogen and oxygen atoms in total. The van der Waals surface area contributed by atoms with Gasteiger partial charge in [0.2, 0.25) is 5.91 Å². The first-order chi connectivity index (χ1) is 15.8. The molecule has 2 atom stereocenters. The van der Waals surface area contributed by atoms with Crippen LogP contribution in [0.2, 0.25) is 0 Å². The van der Waals surface area contributed by atoms with Crippen molar-refractivity contribution in [1.82, 2.24) is 5.32 Å². The summed E-state index contributed by atoms with van der Waals surface area (Å²) >= 11 is 0. The summed E-state index contributed by atoms with van der Waals surface area (Å²) in [7, 11) is 2.11. The molecular formula is C29H35N3O. The molecule has 4 rings (SSSR count). The van der Waals surface area contributed by atoms with E-state index in [0.29, 0.717) is 6.42 Å². The zero-order valence-corrected chi connectivity index (χ0v) is 20.2. The van der Waals surface area contributed by atoms with Crippen LogP contribution >= 0.6 is 0 Å². The van der Waals surface area contributed by atoms with Gasteiger partial charge < -0.3 is 16.0 Å². The zero-order valence-electron chi connectivity index (χ0n) is 20.2. The van der Waals surface area contributed by atoms with Crippen molar-refractivity contribution in [3.8, 4) is 0 Å². The third kappa shape index (κ3) is 5.28. The molecule has 1 amide bonds. The number of hydrogen-bond acceptors (Lipinski definition) is 3. The SMILES string of the molecule is Cc1cc(C)c(CC(N)C(=O)NC2CCN(C)c3ccc(Cc4ccccc4)cc32)c(C)c1. The third-order valence-corrected chi connectivity index (χ3v) is 6.80. The Morgan fingerprint density at radius 2 is 1.73 bits per heavy atom. The Kier molecular flexibility index (Phi) is 6.85. The van der Waals surface area contributed by atoms with Crippen LogP contribution in [0.25, 0.3) is 0 Å². The van der Waals surface area contributed by atoms with Crippen molar-refractivity contribution in [3.05, 3.63) is 99.6 Å². The highest BCUT2D eigenvalue weighted by Crippen LogP contribution is 2.34. The number of nitrogens with two attached hydrogens (primary N) is 1. The quantitative estimate of drug-likeness (QED) is 0.579. The minimum absolute atomic E-state index is 0.0225. The minimum atomic E-state index is -0.569. The van der Waals surface area contributed by atoms with Gasteiger partial charge in [0.25, 0.3) is 0 Å². The molecule has 3 N–H and O–H groups in total. The van der Waals surface area contributed by atoms with Crippen molar-refractivity contribution >= 4 is 11.6 Å². The first kappa shape index (κ1) is 23.1. The maximum atomic E-state index is 13.1. The molecule has 1 heterocycles. The van der Waals surface area contributed by atoms with E-state index in [4.69, 9.17) is 5.73 Å². The molecule has 0 aliphatic carbocycles. The summed E-state index contributed by atoms with van der Waals surface area (Å²) in [6.45, 7) is 7.20. The highest BCUT2D eigenvalue weighted by molar-refractivity contribution is 5.83. The van der Waals surface area contributed by atoms with E-state index < -0.39 is 6.04 Å². The first-order valence-electron chi connectivity index (χ1n) is 11.8. The number of carbonyl (C=O) groups excluding carboxylic acids is 1. The van der Waals surface area contributed by atoms with E-state index in [0.717, 1.165) is 19.4 Å². The average molecular weight is 442 g/mol. The van der Waals surface area contributed by atoms with Crippen molar-refractivity contribution in [2.24, 2.45) is 5.73 Å². The molecule has 33 heavy (non-hydrogen) atoms. The Balaban J connectivity index is 1.51. The monoisotopic (exact) mass is 441 g/mol. The van der Waals surface area contributed by atoms with Crippen LogP contribution in [0.15, 0.2) is 60.7 Å². The van der Waals surface area contributed by atoms with Gasteiger partial charge in [0.1, 0.15) is 0 Å². The second kappa shape index (κ2) is 9.80. The van der Waals surface area contributed by atoms with Crippen molar-refractivity contribution in [3.63, 3.8) is 0 Å². The molecule has 1 aliphatic heterocycles. The third-order valence-electron chi connectivity index (χ3n) is 6.80. The van der Waals surface area contributed by atoms with Crippen LogP contribution in [0.1, 0.15) is 51.4 Å². The van der Waals surface area contributed by atoms with Crippen LogP contribution in [-0.2, 0) is 17.6 Å². The summed E-state index contributed by atoms with van der Waals surface area (Å²) in [6, 6.07) is 20.9. The van der Waals surface area contributed by atoms with Gasteiger partial charge in [0.15, 0.2) is 0 Å². The fourth-order valence-corrected chi connectivity index (χ4v) is 5.04. The normalized spacial score (nSPS) is 16.3. The number of hydrogen-bond donors (Lipinski definition) is 2. The Morgan fingerprint density at radius 1 is 1.03 bits per heavy atom. The van der Waals surface area contributed by atoms with Gasteiger partial charge in [-0.2, -0.15) is 0 Å². The summed E-state index contributed by atoms with van der Waals surface area (Å²) < 4.78 is 0. The Hall–Kier alpha value is -3.11. The number of anilines is 1. The first-order valence-corrected chi connectivity index (χ1v) is 11.8. The van der Waals surface area contributed by atoms with Gasteiger partial charge in [-0.3, -0.25) is 4.79 Å². The molecule has 1 aliphatic rings. The molecule has 0 bridgehead atoms. The van der Waals surface area contributed by atoms with Gasteiger partial charge in [-0.1, -0.05) is 60.2 Å². The molecule has 172 valence electrons. The van der Waals surface area contributed by atoms with E-state index >= 15 is 0 Å². The van der Waals surface area contributed by atoms with Crippen molar-refractivity contribution in [1.29, 1.82) is 0 Å². The molecule has 0 saturated heterocycles. The fourth-order valence-electron chi connectivity index (χ4n) is 5.04. The Bertz CT molecular complexity index is 1120. The molecule has 2 unspecified atom stereocenters. The summed E-state index contributed by atoms with van der Waals surface area (Å²) in [5, 5.41) is 3.27. The summed E-state index contributed by atoms with van der Waals surface area (Å²) in [6.07, 6.45) is 2.31. The van der Waals surface area contributed by atoms with Gasteiger partial charge in [0.05, 0.1) is 12.1 Å². The van der Waals surface area contributed by atoms with Gasteiger partial charge in [-0.05, 0) is 79.5 Å². The number of aryl methyl sites for hydroxylation is 3.